The minimum absolute atomic E-state index is 0.0213. The fourth-order valence-electron chi connectivity index (χ4n) is 2.21. The van der Waals surface area contributed by atoms with Crippen LogP contribution in [0.2, 0.25) is 0 Å². The average Bonchev–Trinajstić information content (AvgIpc) is 3.00. The van der Waals surface area contributed by atoms with E-state index >= 15 is 0 Å². The zero-order valence-electron chi connectivity index (χ0n) is 11.6. The molecule has 0 aliphatic carbocycles. The summed E-state index contributed by atoms with van der Waals surface area (Å²) >= 11 is 0. The molecular formula is C13H15F3N4O2. The molecule has 2 heterocycles. The van der Waals surface area contributed by atoms with Crippen LogP contribution in [0.3, 0.4) is 0 Å². The highest BCUT2D eigenvalue weighted by Gasteiger charge is 2.36. The van der Waals surface area contributed by atoms with E-state index < -0.39 is 18.6 Å². The lowest BCUT2D eigenvalue weighted by atomic mass is 10.1. The fraction of sp³-hybridized carbons (Fsp3) is 0.462. The zero-order valence-corrected chi connectivity index (χ0v) is 11.6. The van der Waals surface area contributed by atoms with Crippen LogP contribution in [0.4, 0.5) is 18.9 Å². The van der Waals surface area contributed by atoms with E-state index in [1.165, 1.54) is 17.2 Å². The smallest absolute Gasteiger partial charge is 0.352 e. The highest BCUT2D eigenvalue weighted by atomic mass is 19.4. The van der Waals surface area contributed by atoms with Gasteiger partial charge in [-0.15, -0.1) is 6.58 Å². The number of nitrogens with zero attached hydrogens (tertiary/aromatic N) is 3. The molecular weight excluding hydrogens is 301 g/mol. The van der Waals surface area contributed by atoms with Crippen molar-refractivity contribution in [2.75, 3.05) is 18.0 Å². The summed E-state index contributed by atoms with van der Waals surface area (Å²) < 4.78 is 37.6. The summed E-state index contributed by atoms with van der Waals surface area (Å²) in [5.74, 6) is -1.12. The van der Waals surface area contributed by atoms with E-state index in [1.54, 1.807) is 0 Å². The molecule has 0 aromatic carbocycles. The first-order chi connectivity index (χ1) is 10.3. The van der Waals surface area contributed by atoms with Gasteiger partial charge in [0.25, 0.3) is 0 Å². The molecule has 0 bridgehead atoms. The van der Waals surface area contributed by atoms with E-state index in [2.05, 4.69) is 17.0 Å². The van der Waals surface area contributed by atoms with E-state index in [4.69, 9.17) is 0 Å². The summed E-state index contributed by atoms with van der Waals surface area (Å²) in [7, 11) is 0. The molecule has 6 nitrogen and oxygen atoms in total. The Balaban J connectivity index is 2.02. The SMILES string of the molecule is C=CCNC(=O)[C@H]1CC(=O)N(c2cnn(CC(F)(F)F)c2)C1. The molecule has 1 fully saturated rings. The highest BCUT2D eigenvalue weighted by Crippen LogP contribution is 2.26. The van der Waals surface area contributed by atoms with Gasteiger partial charge in [-0.1, -0.05) is 6.08 Å². The van der Waals surface area contributed by atoms with Gasteiger partial charge in [0.1, 0.15) is 6.54 Å². The quantitative estimate of drug-likeness (QED) is 0.827. The summed E-state index contributed by atoms with van der Waals surface area (Å²) in [4.78, 5) is 25.0. The van der Waals surface area contributed by atoms with E-state index in [1.807, 2.05) is 0 Å². The first-order valence-electron chi connectivity index (χ1n) is 6.58. The van der Waals surface area contributed by atoms with Gasteiger partial charge in [-0.05, 0) is 0 Å². The van der Waals surface area contributed by atoms with Gasteiger partial charge in [-0.2, -0.15) is 18.3 Å². The summed E-state index contributed by atoms with van der Waals surface area (Å²) in [6, 6.07) is 0. The lowest BCUT2D eigenvalue weighted by molar-refractivity contribution is -0.142. The van der Waals surface area contributed by atoms with Gasteiger partial charge in [0.2, 0.25) is 11.8 Å². The van der Waals surface area contributed by atoms with Gasteiger partial charge in [-0.3, -0.25) is 14.3 Å². The molecule has 1 N–H and O–H groups in total. The number of carbonyl (C=O) groups excluding carboxylic acids is 2. The maximum Gasteiger partial charge on any atom is 0.408 e. The normalized spacial score (nSPS) is 18.6. The molecule has 1 aromatic rings. The lowest BCUT2D eigenvalue weighted by Gasteiger charge is -2.14. The van der Waals surface area contributed by atoms with Crippen molar-refractivity contribution in [1.82, 2.24) is 15.1 Å². The van der Waals surface area contributed by atoms with Gasteiger partial charge in [-0.25, -0.2) is 0 Å². The molecule has 0 spiro atoms. The van der Waals surface area contributed by atoms with E-state index in [9.17, 15) is 22.8 Å². The van der Waals surface area contributed by atoms with Crippen molar-refractivity contribution in [2.24, 2.45) is 5.92 Å². The predicted molar refractivity (Wildman–Crippen MR) is 71.9 cm³/mol. The molecule has 0 unspecified atom stereocenters. The van der Waals surface area contributed by atoms with Crippen LogP contribution >= 0.6 is 0 Å². The van der Waals surface area contributed by atoms with Gasteiger partial charge in [0.15, 0.2) is 0 Å². The Bertz CT molecular complexity index is 582. The minimum Gasteiger partial charge on any atom is -0.352 e. The number of anilines is 1. The van der Waals surface area contributed by atoms with Crippen LogP contribution in [-0.4, -0.2) is 40.9 Å². The number of nitrogens with one attached hydrogen (secondary N) is 1. The number of hydrogen-bond acceptors (Lipinski definition) is 3. The molecule has 0 saturated carbocycles. The monoisotopic (exact) mass is 316 g/mol. The summed E-state index contributed by atoms with van der Waals surface area (Å²) in [5.41, 5.74) is 0.258. The first-order valence-corrected chi connectivity index (χ1v) is 6.58. The van der Waals surface area contributed by atoms with Crippen molar-refractivity contribution in [3.63, 3.8) is 0 Å². The maximum atomic E-state index is 12.3. The lowest BCUT2D eigenvalue weighted by Crippen LogP contribution is -2.32. The van der Waals surface area contributed by atoms with Crippen LogP contribution in [0.25, 0.3) is 0 Å². The van der Waals surface area contributed by atoms with Crippen molar-refractivity contribution in [1.29, 1.82) is 0 Å². The highest BCUT2D eigenvalue weighted by molar-refractivity contribution is 6.00. The van der Waals surface area contributed by atoms with Crippen molar-refractivity contribution in [3.05, 3.63) is 25.0 Å². The number of aromatic nitrogens is 2. The van der Waals surface area contributed by atoms with E-state index in [0.29, 0.717) is 11.2 Å². The molecule has 120 valence electrons. The zero-order chi connectivity index (χ0) is 16.3. The van der Waals surface area contributed by atoms with Gasteiger partial charge >= 0.3 is 6.18 Å². The van der Waals surface area contributed by atoms with Crippen molar-refractivity contribution < 1.29 is 22.8 Å². The summed E-state index contributed by atoms with van der Waals surface area (Å²) in [6.45, 7) is 2.67. The number of alkyl halides is 3. The molecule has 1 aromatic heterocycles. The fourth-order valence-corrected chi connectivity index (χ4v) is 2.21. The molecule has 1 atom stereocenters. The molecule has 2 rings (SSSR count). The Hall–Kier alpha value is -2.32. The number of carbonyl (C=O) groups is 2. The minimum atomic E-state index is -4.38. The van der Waals surface area contributed by atoms with Crippen LogP contribution in [0.1, 0.15) is 6.42 Å². The first kappa shape index (κ1) is 16.1. The molecule has 9 heteroatoms. The van der Waals surface area contributed by atoms with Crippen LogP contribution in [0.15, 0.2) is 25.0 Å². The summed E-state index contributed by atoms with van der Waals surface area (Å²) in [5, 5.41) is 6.19. The average molecular weight is 316 g/mol. The number of amides is 2. The van der Waals surface area contributed by atoms with Gasteiger partial charge < -0.3 is 10.2 Å². The van der Waals surface area contributed by atoms with Gasteiger partial charge in [0, 0.05) is 25.7 Å². The van der Waals surface area contributed by atoms with Crippen molar-refractivity contribution in [2.45, 2.75) is 19.1 Å². The Labute approximate surface area is 124 Å². The standard InChI is InChI=1S/C13H15F3N4O2/c1-2-3-17-12(22)9-4-11(21)20(6-9)10-5-18-19(7-10)8-13(14,15)16/h2,5,7,9H,1,3-4,6,8H2,(H,17,22)/t9-/m0/s1. The largest absolute Gasteiger partial charge is 0.408 e. The van der Waals surface area contributed by atoms with Crippen LogP contribution in [-0.2, 0) is 16.1 Å². The van der Waals surface area contributed by atoms with Crippen molar-refractivity contribution in [3.8, 4) is 0 Å². The number of rotatable bonds is 5. The van der Waals surface area contributed by atoms with Crippen LogP contribution < -0.4 is 10.2 Å². The topological polar surface area (TPSA) is 67.2 Å². The molecule has 22 heavy (non-hydrogen) atoms. The molecule has 1 aliphatic rings. The third kappa shape index (κ3) is 3.86. The molecule has 1 saturated heterocycles. The number of hydrogen-bond donors (Lipinski definition) is 1. The molecule has 1 aliphatic heterocycles. The third-order valence-electron chi connectivity index (χ3n) is 3.19. The second-order valence-corrected chi connectivity index (χ2v) is 4.95. The predicted octanol–water partition coefficient (Wildman–Crippen LogP) is 1.10. The molecule has 2 amide bonds. The Morgan fingerprint density at radius 3 is 2.91 bits per heavy atom. The Kier molecular flexibility index (Phi) is 4.53. The maximum absolute atomic E-state index is 12.3. The van der Waals surface area contributed by atoms with Crippen LogP contribution in [0, 0.1) is 5.92 Å². The Morgan fingerprint density at radius 2 is 2.27 bits per heavy atom. The second kappa shape index (κ2) is 6.20. The van der Waals surface area contributed by atoms with Gasteiger partial charge in [0.05, 0.1) is 17.8 Å². The summed E-state index contributed by atoms with van der Waals surface area (Å²) in [6.07, 6.45) is -0.504. The second-order valence-electron chi connectivity index (χ2n) is 4.95. The molecule has 0 radical (unpaired) electrons. The van der Waals surface area contributed by atoms with Crippen LogP contribution in [0.5, 0.6) is 0 Å². The van der Waals surface area contributed by atoms with E-state index in [0.717, 1.165) is 6.20 Å². The van der Waals surface area contributed by atoms with Crippen molar-refractivity contribution >= 4 is 17.5 Å². The van der Waals surface area contributed by atoms with E-state index in [-0.39, 0.29) is 30.5 Å². The number of halogens is 3. The Morgan fingerprint density at radius 1 is 1.55 bits per heavy atom. The third-order valence-corrected chi connectivity index (χ3v) is 3.19.